The van der Waals surface area contributed by atoms with Gasteiger partial charge in [-0.3, -0.25) is 14.9 Å². The lowest BCUT2D eigenvalue weighted by Gasteiger charge is -2.11. The molecule has 2 heterocycles. The Balaban J connectivity index is 1.57. The molecule has 0 aliphatic carbocycles. The first-order chi connectivity index (χ1) is 10.6. The highest BCUT2D eigenvalue weighted by atomic mass is 32.2. The lowest BCUT2D eigenvalue weighted by molar-refractivity contribution is -0.136. The highest BCUT2D eigenvalue weighted by Gasteiger charge is 2.31. The van der Waals surface area contributed by atoms with E-state index < -0.39 is 0 Å². The first kappa shape index (κ1) is 15.1. The molecule has 7 heteroatoms. The van der Waals surface area contributed by atoms with E-state index in [0.717, 1.165) is 36.7 Å². The molecule has 116 valence electrons. The Bertz CT molecular complexity index is 596. The summed E-state index contributed by atoms with van der Waals surface area (Å²) in [5.41, 5.74) is 0.918. The van der Waals surface area contributed by atoms with Crippen LogP contribution in [0.15, 0.2) is 24.3 Å². The van der Waals surface area contributed by atoms with Gasteiger partial charge in [0.1, 0.15) is 11.8 Å². The summed E-state index contributed by atoms with van der Waals surface area (Å²) in [5.74, 6) is -0.0264. The van der Waals surface area contributed by atoms with E-state index in [0.29, 0.717) is 12.2 Å². The van der Waals surface area contributed by atoms with Gasteiger partial charge in [-0.15, -0.1) is 0 Å². The number of thioether (sulfide) groups is 1. The van der Waals surface area contributed by atoms with Crippen LogP contribution in [0.2, 0.25) is 0 Å². The SMILES string of the molecule is O=C1NC(=O)C(Cc2ccc(OC(=O)C3CCCN3)cc2)S1. The summed E-state index contributed by atoms with van der Waals surface area (Å²) >= 11 is 1.01. The van der Waals surface area contributed by atoms with Crippen molar-refractivity contribution in [2.45, 2.75) is 30.6 Å². The number of hydrogen-bond acceptors (Lipinski definition) is 6. The van der Waals surface area contributed by atoms with Crippen molar-refractivity contribution in [3.63, 3.8) is 0 Å². The van der Waals surface area contributed by atoms with Crippen LogP contribution in [0.5, 0.6) is 5.75 Å². The third-order valence-corrected chi connectivity index (χ3v) is 4.66. The predicted molar refractivity (Wildman–Crippen MR) is 81.7 cm³/mol. The first-order valence-electron chi connectivity index (χ1n) is 7.17. The van der Waals surface area contributed by atoms with Crippen molar-refractivity contribution in [2.75, 3.05) is 6.54 Å². The van der Waals surface area contributed by atoms with Gasteiger partial charge < -0.3 is 10.1 Å². The summed E-state index contributed by atoms with van der Waals surface area (Å²) in [4.78, 5) is 34.5. The second-order valence-electron chi connectivity index (χ2n) is 5.30. The van der Waals surface area contributed by atoms with Crippen LogP contribution in [0.3, 0.4) is 0 Å². The van der Waals surface area contributed by atoms with Gasteiger partial charge in [0.25, 0.3) is 5.24 Å². The second-order valence-corrected chi connectivity index (χ2v) is 6.48. The molecule has 0 bridgehead atoms. The lowest BCUT2D eigenvalue weighted by Crippen LogP contribution is -2.34. The van der Waals surface area contributed by atoms with Gasteiger partial charge in [0.05, 0.1) is 5.25 Å². The molecular weight excluding hydrogens is 304 g/mol. The number of esters is 1. The van der Waals surface area contributed by atoms with Crippen LogP contribution in [0.25, 0.3) is 0 Å². The molecule has 0 radical (unpaired) electrons. The molecule has 2 amide bonds. The van der Waals surface area contributed by atoms with Crippen molar-refractivity contribution >= 4 is 28.9 Å². The molecular formula is C15H16N2O4S. The Kier molecular flexibility index (Phi) is 4.44. The minimum absolute atomic E-state index is 0.218. The first-order valence-corrected chi connectivity index (χ1v) is 8.05. The number of benzene rings is 1. The molecule has 2 saturated heterocycles. The third kappa shape index (κ3) is 3.48. The summed E-state index contributed by atoms with van der Waals surface area (Å²) in [6.45, 7) is 0.846. The molecule has 1 aromatic carbocycles. The number of carbonyl (C=O) groups excluding carboxylic acids is 3. The summed E-state index contributed by atoms with van der Waals surface area (Å²) in [6, 6.07) is 6.82. The number of hydrogen-bond donors (Lipinski definition) is 2. The van der Waals surface area contributed by atoms with E-state index in [9.17, 15) is 14.4 Å². The minimum Gasteiger partial charge on any atom is -0.425 e. The van der Waals surface area contributed by atoms with E-state index in [2.05, 4.69) is 10.6 Å². The maximum absolute atomic E-state index is 11.9. The van der Waals surface area contributed by atoms with Crippen molar-refractivity contribution < 1.29 is 19.1 Å². The summed E-state index contributed by atoms with van der Waals surface area (Å²) < 4.78 is 5.32. The van der Waals surface area contributed by atoms with Gasteiger partial charge >= 0.3 is 5.97 Å². The largest absolute Gasteiger partial charge is 0.425 e. The fourth-order valence-electron chi connectivity index (χ4n) is 2.51. The number of nitrogens with one attached hydrogen (secondary N) is 2. The van der Waals surface area contributed by atoms with Gasteiger partial charge in [-0.2, -0.15) is 0 Å². The minimum atomic E-state index is -0.386. The summed E-state index contributed by atoms with van der Waals surface area (Å²) in [7, 11) is 0. The van der Waals surface area contributed by atoms with Crippen molar-refractivity contribution in [1.29, 1.82) is 0 Å². The van der Waals surface area contributed by atoms with Gasteiger partial charge in [-0.25, -0.2) is 4.79 Å². The lowest BCUT2D eigenvalue weighted by atomic mass is 10.1. The topological polar surface area (TPSA) is 84.5 Å². The van der Waals surface area contributed by atoms with Crippen LogP contribution in [0.4, 0.5) is 4.79 Å². The average Bonchev–Trinajstić information content (AvgIpc) is 3.12. The molecule has 6 nitrogen and oxygen atoms in total. The number of carbonyl (C=O) groups is 3. The van der Waals surface area contributed by atoms with E-state index in [1.165, 1.54) is 0 Å². The number of amides is 2. The smallest absolute Gasteiger partial charge is 0.328 e. The molecule has 0 spiro atoms. The maximum atomic E-state index is 11.9. The number of imide groups is 1. The molecule has 2 aliphatic heterocycles. The third-order valence-electron chi connectivity index (χ3n) is 3.67. The fourth-order valence-corrected chi connectivity index (χ4v) is 3.37. The molecule has 2 unspecified atom stereocenters. The van der Waals surface area contributed by atoms with Crippen LogP contribution < -0.4 is 15.4 Å². The van der Waals surface area contributed by atoms with Crippen molar-refractivity contribution in [3.8, 4) is 5.75 Å². The Hall–Kier alpha value is -1.86. The van der Waals surface area contributed by atoms with Crippen molar-refractivity contribution in [2.24, 2.45) is 0 Å². The highest BCUT2D eigenvalue weighted by molar-refractivity contribution is 8.15. The normalized spacial score (nSPS) is 24.4. The van der Waals surface area contributed by atoms with Gasteiger partial charge in [0.2, 0.25) is 5.91 Å². The molecule has 0 aromatic heterocycles. The van der Waals surface area contributed by atoms with Crippen LogP contribution in [0, 0.1) is 0 Å². The molecule has 2 atom stereocenters. The van der Waals surface area contributed by atoms with E-state index in [1.807, 2.05) is 0 Å². The summed E-state index contributed by atoms with van der Waals surface area (Å²) in [6.07, 6.45) is 2.26. The van der Waals surface area contributed by atoms with Crippen LogP contribution in [-0.2, 0) is 16.0 Å². The zero-order valence-corrected chi connectivity index (χ0v) is 12.7. The second kappa shape index (κ2) is 6.50. The molecule has 22 heavy (non-hydrogen) atoms. The zero-order chi connectivity index (χ0) is 15.5. The van der Waals surface area contributed by atoms with E-state index in [-0.39, 0.29) is 28.4 Å². The van der Waals surface area contributed by atoms with Crippen molar-refractivity contribution in [3.05, 3.63) is 29.8 Å². The average molecular weight is 320 g/mol. The molecule has 2 N–H and O–H groups in total. The van der Waals surface area contributed by atoms with Gasteiger partial charge in [-0.1, -0.05) is 23.9 Å². The summed E-state index contributed by atoms with van der Waals surface area (Å²) in [5, 5.41) is 4.67. The Morgan fingerprint density at radius 1 is 1.27 bits per heavy atom. The zero-order valence-electron chi connectivity index (χ0n) is 11.8. The van der Waals surface area contributed by atoms with Crippen LogP contribution in [-0.4, -0.2) is 35.0 Å². The van der Waals surface area contributed by atoms with E-state index in [1.54, 1.807) is 24.3 Å². The molecule has 2 fully saturated rings. The quantitative estimate of drug-likeness (QED) is 0.641. The molecule has 3 rings (SSSR count). The maximum Gasteiger partial charge on any atom is 0.328 e. The molecule has 2 aliphatic rings. The molecule has 0 saturated carbocycles. The molecule has 1 aromatic rings. The number of rotatable bonds is 4. The Morgan fingerprint density at radius 2 is 2.05 bits per heavy atom. The predicted octanol–water partition coefficient (Wildman–Crippen LogP) is 1.24. The van der Waals surface area contributed by atoms with Gasteiger partial charge in [0, 0.05) is 0 Å². The standard InChI is InChI=1S/C15H16N2O4S/c18-13-12(22-15(20)17-13)8-9-3-5-10(6-4-9)21-14(19)11-2-1-7-16-11/h3-6,11-12,16H,1-2,7-8H2,(H,17,18,20). The van der Waals surface area contributed by atoms with Gasteiger partial charge in [-0.05, 0) is 43.5 Å². The van der Waals surface area contributed by atoms with Crippen LogP contribution >= 0.6 is 11.8 Å². The fraction of sp³-hybridized carbons (Fsp3) is 0.400. The van der Waals surface area contributed by atoms with E-state index >= 15 is 0 Å². The Morgan fingerprint density at radius 3 is 2.64 bits per heavy atom. The van der Waals surface area contributed by atoms with Crippen LogP contribution in [0.1, 0.15) is 18.4 Å². The monoisotopic (exact) mass is 320 g/mol. The van der Waals surface area contributed by atoms with Gasteiger partial charge in [0.15, 0.2) is 0 Å². The van der Waals surface area contributed by atoms with Crippen molar-refractivity contribution in [1.82, 2.24) is 10.6 Å². The van der Waals surface area contributed by atoms with E-state index in [4.69, 9.17) is 4.74 Å². The Labute approximate surface area is 132 Å². The highest BCUT2D eigenvalue weighted by Crippen LogP contribution is 2.24. The number of ether oxygens (including phenoxy) is 1.